The minimum absolute atomic E-state index is 0.186. The summed E-state index contributed by atoms with van der Waals surface area (Å²) < 4.78 is 1.71. The van der Waals surface area contributed by atoms with E-state index in [9.17, 15) is 4.79 Å². The van der Waals surface area contributed by atoms with Crippen LogP contribution in [0, 0.1) is 0 Å². The number of nitrogens with one attached hydrogen (secondary N) is 1. The van der Waals surface area contributed by atoms with E-state index in [1.165, 1.54) is 0 Å². The van der Waals surface area contributed by atoms with Gasteiger partial charge >= 0.3 is 0 Å². The van der Waals surface area contributed by atoms with Crippen molar-refractivity contribution in [1.82, 2.24) is 20.1 Å². The number of carbonyl (C=O) groups is 1. The number of aromatic nitrogens is 3. The van der Waals surface area contributed by atoms with Crippen LogP contribution < -0.4 is 5.32 Å². The minimum Gasteiger partial charge on any atom is -0.346 e. The molecular formula is C18H16Cl2N4O. The van der Waals surface area contributed by atoms with Crippen LogP contribution >= 0.6 is 23.2 Å². The van der Waals surface area contributed by atoms with Gasteiger partial charge in [-0.3, -0.25) is 9.78 Å². The summed E-state index contributed by atoms with van der Waals surface area (Å²) in [7, 11) is 0. The van der Waals surface area contributed by atoms with Crippen LogP contribution in [0.25, 0.3) is 5.69 Å². The normalized spacial score (nSPS) is 10.7. The Bertz CT molecular complexity index is 893. The van der Waals surface area contributed by atoms with Gasteiger partial charge in [-0.15, -0.1) is 0 Å². The minimum atomic E-state index is -0.186. The molecule has 1 N–H and O–H groups in total. The molecule has 3 aromatic rings. The first kappa shape index (κ1) is 17.5. The van der Waals surface area contributed by atoms with E-state index in [0.29, 0.717) is 28.6 Å². The molecule has 0 saturated carbocycles. The third-order valence-corrected chi connectivity index (χ3v) is 4.49. The van der Waals surface area contributed by atoms with Gasteiger partial charge in [0.25, 0.3) is 5.91 Å². The average molecular weight is 375 g/mol. The standard InChI is InChI=1S/C18H16Cl2N4O/c1-2-17-14(18(25)22-10-12-5-3-4-8-21-12)11-23-24(17)13-6-7-15(19)16(20)9-13/h3-9,11H,2,10H2,1H3,(H,22,25). The highest BCUT2D eigenvalue weighted by Crippen LogP contribution is 2.25. The van der Waals surface area contributed by atoms with Crippen LogP contribution in [-0.2, 0) is 13.0 Å². The molecule has 1 amide bonds. The topological polar surface area (TPSA) is 59.8 Å². The van der Waals surface area contributed by atoms with E-state index in [0.717, 1.165) is 17.1 Å². The number of nitrogens with zero attached hydrogens (tertiary/aromatic N) is 3. The molecule has 0 spiro atoms. The van der Waals surface area contributed by atoms with E-state index in [1.54, 1.807) is 29.2 Å². The summed E-state index contributed by atoms with van der Waals surface area (Å²) >= 11 is 12.1. The molecule has 7 heteroatoms. The lowest BCUT2D eigenvalue weighted by atomic mass is 10.2. The molecule has 0 aliphatic heterocycles. The summed E-state index contributed by atoms with van der Waals surface area (Å²) in [5.74, 6) is -0.186. The third kappa shape index (κ3) is 3.83. The molecule has 2 aromatic heterocycles. The third-order valence-electron chi connectivity index (χ3n) is 3.75. The van der Waals surface area contributed by atoms with Crippen molar-refractivity contribution in [2.45, 2.75) is 19.9 Å². The van der Waals surface area contributed by atoms with Crippen LogP contribution in [0.2, 0.25) is 10.0 Å². The van der Waals surface area contributed by atoms with E-state index < -0.39 is 0 Å². The number of hydrogen-bond acceptors (Lipinski definition) is 3. The van der Waals surface area contributed by atoms with Crippen molar-refractivity contribution in [2.75, 3.05) is 0 Å². The summed E-state index contributed by atoms with van der Waals surface area (Å²) in [4.78, 5) is 16.7. The predicted octanol–water partition coefficient (Wildman–Crippen LogP) is 4.07. The zero-order valence-electron chi connectivity index (χ0n) is 13.5. The smallest absolute Gasteiger partial charge is 0.255 e. The van der Waals surface area contributed by atoms with Gasteiger partial charge in [0.15, 0.2) is 0 Å². The summed E-state index contributed by atoms with van der Waals surface area (Å²) in [6.07, 6.45) is 3.91. The molecule has 0 saturated heterocycles. The van der Waals surface area contributed by atoms with Gasteiger partial charge in [0.05, 0.1) is 45.4 Å². The average Bonchev–Trinajstić information content (AvgIpc) is 3.07. The quantitative estimate of drug-likeness (QED) is 0.732. The molecule has 0 atom stereocenters. The SMILES string of the molecule is CCc1c(C(=O)NCc2ccccn2)cnn1-c1ccc(Cl)c(Cl)c1. The lowest BCUT2D eigenvalue weighted by Crippen LogP contribution is -2.24. The molecule has 0 aliphatic rings. The van der Waals surface area contributed by atoms with Gasteiger partial charge in [0.2, 0.25) is 0 Å². The number of benzene rings is 1. The summed E-state index contributed by atoms with van der Waals surface area (Å²) in [6, 6.07) is 10.8. The van der Waals surface area contributed by atoms with Crippen LogP contribution in [0.5, 0.6) is 0 Å². The Morgan fingerprint density at radius 3 is 2.72 bits per heavy atom. The molecule has 0 radical (unpaired) electrons. The number of amides is 1. The van der Waals surface area contributed by atoms with E-state index in [-0.39, 0.29) is 5.91 Å². The largest absolute Gasteiger partial charge is 0.346 e. The van der Waals surface area contributed by atoms with Crippen LogP contribution in [-0.4, -0.2) is 20.7 Å². The van der Waals surface area contributed by atoms with Crippen molar-refractivity contribution >= 4 is 29.1 Å². The van der Waals surface area contributed by atoms with Crippen LogP contribution in [0.3, 0.4) is 0 Å². The number of pyridine rings is 1. The van der Waals surface area contributed by atoms with Crippen molar-refractivity contribution in [1.29, 1.82) is 0 Å². The molecule has 0 aliphatic carbocycles. The molecule has 5 nitrogen and oxygen atoms in total. The van der Waals surface area contributed by atoms with Gasteiger partial charge in [-0.25, -0.2) is 4.68 Å². The van der Waals surface area contributed by atoms with Gasteiger partial charge < -0.3 is 5.32 Å². The maximum atomic E-state index is 12.5. The molecular weight excluding hydrogens is 359 g/mol. The second kappa shape index (κ2) is 7.68. The van der Waals surface area contributed by atoms with Gasteiger partial charge in [-0.05, 0) is 36.8 Å². The molecule has 128 valence electrons. The Morgan fingerprint density at radius 1 is 1.20 bits per heavy atom. The molecule has 3 rings (SSSR count). The number of halogens is 2. The molecule has 25 heavy (non-hydrogen) atoms. The number of rotatable bonds is 5. The molecule has 2 heterocycles. The first-order valence-corrected chi connectivity index (χ1v) is 8.56. The zero-order valence-corrected chi connectivity index (χ0v) is 15.1. The number of carbonyl (C=O) groups excluding carboxylic acids is 1. The van der Waals surface area contributed by atoms with E-state index in [2.05, 4.69) is 15.4 Å². The van der Waals surface area contributed by atoms with Crippen molar-refractivity contribution < 1.29 is 4.79 Å². The molecule has 0 bridgehead atoms. The first-order valence-electron chi connectivity index (χ1n) is 7.80. The number of hydrogen-bond donors (Lipinski definition) is 1. The highest BCUT2D eigenvalue weighted by molar-refractivity contribution is 6.42. The van der Waals surface area contributed by atoms with Crippen molar-refractivity contribution in [3.8, 4) is 5.69 Å². The predicted molar refractivity (Wildman–Crippen MR) is 98.4 cm³/mol. The van der Waals surface area contributed by atoms with Crippen molar-refractivity contribution in [3.05, 3.63) is 75.8 Å². The van der Waals surface area contributed by atoms with Gasteiger partial charge in [0, 0.05) is 6.20 Å². The summed E-state index contributed by atoms with van der Waals surface area (Å²) in [5.41, 5.74) is 2.89. The van der Waals surface area contributed by atoms with Crippen molar-refractivity contribution in [2.24, 2.45) is 0 Å². The molecule has 0 unspecified atom stereocenters. The fourth-order valence-electron chi connectivity index (χ4n) is 2.51. The Balaban J connectivity index is 1.84. The summed E-state index contributed by atoms with van der Waals surface area (Å²) in [6.45, 7) is 2.33. The van der Waals surface area contributed by atoms with Gasteiger partial charge in [-0.2, -0.15) is 5.10 Å². The van der Waals surface area contributed by atoms with Gasteiger partial charge in [0.1, 0.15) is 0 Å². The van der Waals surface area contributed by atoms with Gasteiger partial charge in [-0.1, -0.05) is 36.2 Å². The van der Waals surface area contributed by atoms with Crippen molar-refractivity contribution in [3.63, 3.8) is 0 Å². The maximum absolute atomic E-state index is 12.5. The first-order chi connectivity index (χ1) is 12.1. The zero-order chi connectivity index (χ0) is 17.8. The second-order valence-corrected chi connectivity index (χ2v) is 6.19. The summed E-state index contributed by atoms with van der Waals surface area (Å²) in [5, 5.41) is 8.13. The van der Waals surface area contributed by atoms with Crippen LogP contribution in [0.1, 0.15) is 28.7 Å². The Morgan fingerprint density at radius 2 is 2.04 bits per heavy atom. The lowest BCUT2D eigenvalue weighted by Gasteiger charge is -2.09. The van der Waals surface area contributed by atoms with Crippen LogP contribution in [0.15, 0.2) is 48.8 Å². The van der Waals surface area contributed by atoms with Crippen LogP contribution in [0.4, 0.5) is 0 Å². The van der Waals surface area contributed by atoms with E-state index >= 15 is 0 Å². The fourth-order valence-corrected chi connectivity index (χ4v) is 2.80. The molecule has 0 fully saturated rings. The Kier molecular flexibility index (Phi) is 5.36. The van der Waals surface area contributed by atoms with E-state index in [4.69, 9.17) is 23.2 Å². The Hall–Kier alpha value is -2.37. The van der Waals surface area contributed by atoms with E-state index in [1.807, 2.05) is 31.2 Å². The Labute approximate surface area is 155 Å². The fraction of sp³-hybridized carbons (Fsp3) is 0.167. The second-order valence-electron chi connectivity index (χ2n) is 5.37. The molecule has 1 aromatic carbocycles. The monoisotopic (exact) mass is 374 g/mol. The maximum Gasteiger partial charge on any atom is 0.255 e. The lowest BCUT2D eigenvalue weighted by molar-refractivity contribution is 0.0949. The highest BCUT2D eigenvalue weighted by Gasteiger charge is 2.17. The highest BCUT2D eigenvalue weighted by atomic mass is 35.5.